The summed E-state index contributed by atoms with van der Waals surface area (Å²) in [4.78, 5) is 26.5. The maximum absolute atomic E-state index is 12.9. The van der Waals surface area contributed by atoms with Crippen molar-refractivity contribution in [1.29, 1.82) is 0 Å². The van der Waals surface area contributed by atoms with E-state index in [4.69, 9.17) is 4.74 Å². The molecule has 1 aliphatic rings. The van der Waals surface area contributed by atoms with Crippen LogP contribution in [0.2, 0.25) is 0 Å². The molecule has 10 heteroatoms. The monoisotopic (exact) mass is 443 g/mol. The van der Waals surface area contributed by atoms with Crippen LogP contribution in [0.5, 0.6) is 0 Å². The molecule has 1 amide bonds. The molecule has 1 aliphatic carbocycles. The highest BCUT2D eigenvalue weighted by Crippen LogP contribution is 2.39. The third kappa shape index (κ3) is 4.53. The molecule has 0 radical (unpaired) electrons. The number of nitrogens with zero attached hydrogens (tertiary/aromatic N) is 2. The number of hydrogen-bond donors (Lipinski definition) is 1. The van der Waals surface area contributed by atoms with Crippen molar-refractivity contribution >= 4 is 28.2 Å². The van der Waals surface area contributed by atoms with Crippen LogP contribution in [-0.2, 0) is 28.5 Å². The number of amides is 1. The first-order chi connectivity index (χ1) is 14.1. The van der Waals surface area contributed by atoms with Gasteiger partial charge in [0.05, 0.1) is 12.2 Å². The molecule has 2 aromatic rings. The molecule has 0 spiro atoms. The number of rotatable bonds is 6. The van der Waals surface area contributed by atoms with Crippen LogP contribution >= 0.6 is 11.3 Å². The number of esters is 1. The Balaban J connectivity index is 1.87. The molecule has 0 aliphatic heterocycles. The molecule has 6 nitrogen and oxygen atoms in total. The zero-order valence-corrected chi connectivity index (χ0v) is 17.9. The number of halogens is 3. The first kappa shape index (κ1) is 22.3. The predicted molar refractivity (Wildman–Crippen MR) is 107 cm³/mol. The fourth-order valence-corrected chi connectivity index (χ4v) is 4.76. The largest absolute Gasteiger partial charge is 0.462 e. The van der Waals surface area contributed by atoms with E-state index in [0.29, 0.717) is 17.0 Å². The van der Waals surface area contributed by atoms with E-state index in [-0.39, 0.29) is 12.3 Å². The molecule has 0 saturated carbocycles. The Kier molecular flexibility index (Phi) is 6.54. The fourth-order valence-electron chi connectivity index (χ4n) is 3.48. The van der Waals surface area contributed by atoms with Gasteiger partial charge in [0.2, 0.25) is 5.91 Å². The van der Waals surface area contributed by atoms with Gasteiger partial charge in [-0.3, -0.25) is 9.48 Å². The van der Waals surface area contributed by atoms with Gasteiger partial charge in [0, 0.05) is 10.6 Å². The summed E-state index contributed by atoms with van der Waals surface area (Å²) in [7, 11) is 0. The highest BCUT2D eigenvalue weighted by molar-refractivity contribution is 7.17. The molecule has 3 rings (SSSR count). The predicted octanol–water partition coefficient (Wildman–Crippen LogP) is 4.92. The number of aryl methyl sites for hydroxylation is 2. The topological polar surface area (TPSA) is 73.2 Å². The van der Waals surface area contributed by atoms with E-state index in [9.17, 15) is 22.8 Å². The molecule has 0 aromatic carbocycles. The number of anilines is 1. The van der Waals surface area contributed by atoms with E-state index in [2.05, 4.69) is 10.4 Å². The van der Waals surface area contributed by atoms with Crippen molar-refractivity contribution in [3.63, 3.8) is 0 Å². The highest BCUT2D eigenvalue weighted by Gasteiger charge is 2.36. The Morgan fingerprint density at radius 1 is 1.33 bits per heavy atom. The molecule has 164 valence electrons. The average molecular weight is 443 g/mol. The molecule has 30 heavy (non-hydrogen) atoms. The number of alkyl halides is 3. The average Bonchev–Trinajstić information content (AvgIpc) is 3.25. The molecule has 2 aromatic heterocycles. The number of hydrogen-bond acceptors (Lipinski definition) is 5. The first-order valence-electron chi connectivity index (χ1n) is 9.89. The van der Waals surface area contributed by atoms with E-state index in [1.807, 2.05) is 6.92 Å². The van der Waals surface area contributed by atoms with Gasteiger partial charge >= 0.3 is 12.1 Å². The Morgan fingerprint density at radius 3 is 2.67 bits per heavy atom. The quantitative estimate of drug-likeness (QED) is 0.644. The number of fused-ring (bicyclic) bond motifs is 1. The molecule has 1 unspecified atom stereocenters. The van der Waals surface area contributed by atoms with E-state index in [1.54, 1.807) is 0 Å². The number of nitrogens with one attached hydrogen (secondary N) is 1. The SMILES string of the molecule is CCCOC(=O)c1c(NC(=O)C(C)n2nc(C(F)(F)F)cc2C)sc2c1CCCC2. The second-order valence-corrected chi connectivity index (χ2v) is 8.43. The number of carbonyl (C=O) groups excluding carboxylic acids is 2. The molecule has 1 N–H and O–H groups in total. The summed E-state index contributed by atoms with van der Waals surface area (Å²) >= 11 is 1.34. The number of ether oxygens (including phenoxy) is 1. The Bertz CT molecular complexity index is 949. The van der Waals surface area contributed by atoms with Gasteiger partial charge in [0.1, 0.15) is 11.0 Å². The van der Waals surface area contributed by atoms with Gasteiger partial charge in [-0.05, 0) is 57.6 Å². The molecule has 0 bridgehead atoms. The second-order valence-electron chi connectivity index (χ2n) is 7.33. The summed E-state index contributed by atoms with van der Waals surface area (Å²) < 4.78 is 45.2. The Labute approximate surface area is 176 Å². The van der Waals surface area contributed by atoms with Crippen molar-refractivity contribution in [2.24, 2.45) is 0 Å². The minimum Gasteiger partial charge on any atom is -0.462 e. The number of carbonyl (C=O) groups is 2. The van der Waals surface area contributed by atoms with Crippen LogP contribution in [0, 0.1) is 6.92 Å². The first-order valence-corrected chi connectivity index (χ1v) is 10.7. The lowest BCUT2D eigenvalue weighted by atomic mass is 9.95. The summed E-state index contributed by atoms with van der Waals surface area (Å²) in [6, 6.07) is -0.0824. The zero-order valence-electron chi connectivity index (χ0n) is 17.1. The van der Waals surface area contributed by atoms with E-state index >= 15 is 0 Å². The minimum absolute atomic E-state index is 0.220. The lowest BCUT2D eigenvalue weighted by molar-refractivity contribution is -0.141. The van der Waals surface area contributed by atoms with Crippen LogP contribution in [0.4, 0.5) is 18.2 Å². The molecular weight excluding hydrogens is 419 g/mol. The molecular formula is C20H24F3N3O3S. The van der Waals surface area contributed by atoms with Crippen molar-refractivity contribution in [2.45, 2.75) is 65.1 Å². The van der Waals surface area contributed by atoms with Crippen molar-refractivity contribution in [3.8, 4) is 0 Å². The normalized spacial score (nSPS) is 14.9. The van der Waals surface area contributed by atoms with E-state index in [0.717, 1.165) is 46.9 Å². The van der Waals surface area contributed by atoms with E-state index < -0.39 is 29.8 Å². The second kappa shape index (κ2) is 8.79. The molecule has 0 fully saturated rings. The zero-order chi connectivity index (χ0) is 22.1. The van der Waals surface area contributed by atoms with Crippen LogP contribution < -0.4 is 5.32 Å². The van der Waals surface area contributed by atoms with Crippen molar-refractivity contribution in [3.05, 3.63) is 33.5 Å². The summed E-state index contributed by atoms with van der Waals surface area (Å²) in [6.45, 7) is 5.10. The van der Waals surface area contributed by atoms with Crippen LogP contribution in [0.3, 0.4) is 0 Å². The third-order valence-electron chi connectivity index (χ3n) is 5.01. The summed E-state index contributed by atoms with van der Waals surface area (Å²) in [6.07, 6.45) is -0.387. The van der Waals surface area contributed by atoms with Gasteiger partial charge in [0.15, 0.2) is 5.69 Å². The summed E-state index contributed by atoms with van der Waals surface area (Å²) in [5.74, 6) is -1.02. The minimum atomic E-state index is -4.59. The lowest BCUT2D eigenvalue weighted by Crippen LogP contribution is -2.26. The standard InChI is InChI=1S/C20H24F3N3O3S/c1-4-9-29-19(28)16-13-7-5-6-8-14(13)30-18(16)24-17(27)12(3)26-11(2)10-15(25-26)20(21,22)23/h10,12H,4-9H2,1-3H3,(H,24,27). The van der Waals surface area contributed by atoms with Gasteiger partial charge in [-0.15, -0.1) is 11.3 Å². The molecule has 2 heterocycles. The fraction of sp³-hybridized carbons (Fsp3) is 0.550. The van der Waals surface area contributed by atoms with Crippen LogP contribution in [0.25, 0.3) is 0 Å². The maximum atomic E-state index is 12.9. The Hall–Kier alpha value is -2.36. The summed E-state index contributed by atoms with van der Waals surface area (Å²) in [5.41, 5.74) is 0.454. The number of thiophene rings is 1. The van der Waals surface area contributed by atoms with Gasteiger partial charge in [-0.2, -0.15) is 18.3 Å². The van der Waals surface area contributed by atoms with Crippen LogP contribution in [0.1, 0.15) is 71.3 Å². The van der Waals surface area contributed by atoms with Gasteiger partial charge in [0.25, 0.3) is 0 Å². The van der Waals surface area contributed by atoms with Crippen molar-refractivity contribution in [1.82, 2.24) is 9.78 Å². The third-order valence-corrected chi connectivity index (χ3v) is 6.22. The number of aromatic nitrogens is 2. The van der Waals surface area contributed by atoms with Gasteiger partial charge < -0.3 is 10.1 Å². The maximum Gasteiger partial charge on any atom is 0.435 e. The van der Waals surface area contributed by atoms with E-state index in [1.165, 1.54) is 25.2 Å². The van der Waals surface area contributed by atoms with Gasteiger partial charge in [-0.1, -0.05) is 6.92 Å². The Morgan fingerprint density at radius 2 is 2.03 bits per heavy atom. The van der Waals surface area contributed by atoms with Crippen molar-refractivity contribution < 1.29 is 27.5 Å². The molecule has 0 saturated heterocycles. The molecule has 1 atom stereocenters. The van der Waals surface area contributed by atoms with Crippen LogP contribution in [-0.4, -0.2) is 28.3 Å². The highest BCUT2D eigenvalue weighted by atomic mass is 32.1. The van der Waals surface area contributed by atoms with Crippen molar-refractivity contribution in [2.75, 3.05) is 11.9 Å². The van der Waals surface area contributed by atoms with Gasteiger partial charge in [-0.25, -0.2) is 4.79 Å². The smallest absolute Gasteiger partial charge is 0.435 e. The summed E-state index contributed by atoms with van der Waals surface area (Å²) in [5, 5.41) is 6.67. The van der Waals surface area contributed by atoms with Crippen LogP contribution in [0.15, 0.2) is 6.07 Å². The lowest BCUT2D eigenvalue weighted by Gasteiger charge is -2.15.